The fourth-order valence-electron chi connectivity index (χ4n) is 3.60. The first kappa shape index (κ1) is 26.8. The Kier molecular flexibility index (Phi) is 8.23. The Morgan fingerprint density at radius 2 is 2.21 bits per heavy atom. The Bertz CT molecular complexity index is 1140. The maximum atomic E-state index is 13.3. The van der Waals surface area contributed by atoms with Crippen LogP contribution in [0.4, 0.5) is 0 Å². The van der Waals surface area contributed by atoms with Crippen LogP contribution in [0, 0.1) is 6.92 Å². The van der Waals surface area contributed by atoms with Crippen LogP contribution in [0.25, 0.3) is 11.2 Å². The molecule has 2 aromatic heterocycles. The average molecular weight is 520 g/mol. The summed E-state index contributed by atoms with van der Waals surface area (Å²) < 4.78 is 31.1. The van der Waals surface area contributed by atoms with E-state index in [1.54, 1.807) is 20.8 Å². The number of rotatable bonds is 10. The van der Waals surface area contributed by atoms with E-state index in [0.29, 0.717) is 11.6 Å². The number of fused-ring (bicyclic) bond motifs is 1. The molecule has 1 aliphatic heterocycles. The summed E-state index contributed by atoms with van der Waals surface area (Å²) in [5.74, 6) is 0.194. The second kappa shape index (κ2) is 10.4. The van der Waals surface area contributed by atoms with E-state index in [0.717, 1.165) is 11.4 Å². The van der Waals surface area contributed by atoms with Crippen molar-refractivity contribution in [3.8, 4) is 0 Å². The van der Waals surface area contributed by atoms with Gasteiger partial charge in [0.25, 0.3) is 5.56 Å². The zero-order valence-corrected chi connectivity index (χ0v) is 21.3. The number of aliphatic hydroxyl groups is 2. The number of aromatic amines is 1. The minimum Gasteiger partial charge on any atom is -0.465 e. The Hall–Kier alpha value is -1.80. The molecule has 4 N–H and O–H groups in total. The molecule has 2 aromatic rings. The van der Waals surface area contributed by atoms with Gasteiger partial charge in [-0.05, 0) is 27.7 Å². The van der Waals surface area contributed by atoms with Crippen molar-refractivity contribution in [3.63, 3.8) is 0 Å². The molecule has 3 rings (SSSR count). The lowest BCUT2D eigenvalue weighted by Gasteiger charge is -2.27. The molecule has 0 aliphatic carbocycles. The molecule has 0 amide bonds. The van der Waals surface area contributed by atoms with Crippen molar-refractivity contribution in [2.24, 2.45) is 0 Å². The molecule has 0 saturated carbocycles. The van der Waals surface area contributed by atoms with Crippen LogP contribution >= 0.6 is 18.1 Å². The van der Waals surface area contributed by atoms with E-state index >= 15 is 0 Å². The van der Waals surface area contributed by atoms with E-state index in [4.69, 9.17) is 14.0 Å². The summed E-state index contributed by atoms with van der Waals surface area (Å²) in [4.78, 5) is 35.0. The van der Waals surface area contributed by atoms with E-state index < -0.39 is 48.3 Å². The molecule has 0 aromatic carbocycles. The number of aryl methyl sites for hydroxylation is 1. The maximum Gasteiger partial charge on any atom is 0.327 e. The normalized spacial score (nSPS) is 27.6. The molecule has 0 unspecified atom stereocenters. The first-order valence-corrected chi connectivity index (χ1v) is 14.0. The molecule has 0 spiro atoms. The van der Waals surface area contributed by atoms with E-state index in [1.165, 1.54) is 24.7 Å². The van der Waals surface area contributed by atoms with Crippen molar-refractivity contribution in [3.05, 3.63) is 22.5 Å². The zero-order valence-electron chi connectivity index (χ0n) is 19.5. The molecular formula is C19H30N5O8PS. The van der Waals surface area contributed by atoms with Crippen molar-refractivity contribution in [2.75, 3.05) is 19.0 Å². The lowest BCUT2D eigenvalue weighted by Crippen LogP contribution is -2.44. The molecule has 1 aliphatic rings. The van der Waals surface area contributed by atoms with E-state index in [1.807, 2.05) is 0 Å². The largest absolute Gasteiger partial charge is 0.465 e. The van der Waals surface area contributed by atoms with Gasteiger partial charge in [-0.1, -0.05) is 18.3 Å². The predicted molar refractivity (Wildman–Crippen MR) is 124 cm³/mol. The number of nitrogens with one attached hydrogen (secondary N) is 2. The van der Waals surface area contributed by atoms with Crippen LogP contribution in [0.15, 0.2) is 11.1 Å². The number of nitrogens with zero attached hydrogens (tertiary/aromatic N) is 3. The van der Waals surface area contributed by atoms with Gasteiger partial charge in [0.05, 0.1) is 19.5 Å². The number of hydrogen-bond donors (Lipinski definition) is 4. The molecule has 190 valence electrons. The summed E-state index contributed by atoms with van der Waals surface area (Å²) in [5, 5.41) is 24.5. The third kappa shape index (κ3) is 5.38. The molecule has 1 fully saturated rings. The van der Waals surface area contributed by atoms with Crippen LogP contribution in [0.2, 0.25) is 0 Å². The predicted octanol–water partition coefficient (Wildman–Crippen LogP) is 0.856. The van der Waals surface area contributed by atoms with Crippen molar-refractivity contribution < 1.29 is 33.6 Å². The number of carbonyl (C=O) groups is 1. The van der Waals surface area contributed by atoms with Crippen LogP contribution in [0.1, 0.15) is 39.7 Å². The number of carbonyl (C=O) groups excluding carboxylic acids is 1. The Morgan fingerprint density at radius 1 is 1.50 bits per heavy atom. The lowest BCUT2D eigenvalue weighted by molar-refractivity contribution is -0.144. The van der Waals surface area contributed by atoms with Gasteiger partial charge in [-0.3, -0.25) is 18.7 Å². The topological polar surface area (TPSA) is 178 Å². The molecule has 13 nitrogen and oxygen atoms in total. The molecule has 15 heteroatoms. The quantitative estimate of drug-likeness (QED) is 0.257. The van der Waals surface area contributed by atoms with Crippen LogP contribution in [-0.4, -0.2) is 78.5 Å². The maximum absolute atomic E-state index is 13.3. The van der Waals surface area contributed by atoms with Crippen molar-refractivity contribution in [2.45, 2.75) is 64.7 Å². The Morgan fingerprint density at radius 3 is 2.85 bits per heavy atom. The highest BCUT2D eigenvalue weighted by atomic mass is 32.7. The second-order valence-electron chi connectivity index (χ2n) is 7.99. The van der Waals surface area contributed by atoms with Crippen molar-refractivity contribution in [1.82, 2.24) is 24.6 Å². The van der Waals surface area contributed by atoms with Gasteiger partial charge in [-0.2, -0.15) is 0 Å². The summed E-state index contributed by atoms with van der Waals surface area (Å²) in [6.07, 6.45) is -2.37. The van der Waals surface area contributed by atoms with Crippen LogP contribution < -0.4 is 10.6 Å². The molecule has 34 heavy (non-hydrogen) atoms. The molecular weight excluding hydrogens is 489 g/mol. The van der Waals surface area contributed by atoms with Gasteiger partial charge in [-0.15, -0.1) is 0 Å². The number of aliphatic hydroxyl groups excluding tert-OH is 1. The third-order valence-corrected chi connectivity index (χ3v) is 9.48. The summed E-state index contributed by atoms with van der Waals surface area (Å²) in [6.45, 7) is 4.17. The van der Waals surface area contributed by atoms with E-state index in [9.17, 15) is 24.4 Å². The molecule has 3 heterocycles. The first-order valence-electron chi connectivity index (χ1n) is 10.8. The van der Waals surface area contributed by atoms with Crippen LogP contribution in [0.5, 0.6) is 0 Å². The minimum absolute atomic E-state index is 0.0557. The summed E-state index contributed by atoms with van der Waals surface area (Å²) >= 11 is 0.982. The van der Waals surface area contributed by atoms with Gasteiger partial charge in [0.2, 0.25) is 0 Å². The zero-order chi connectivity index (χ0) is 25.3. The molecule has 6 atom stereocenters. The first-order chi connectivity index (χ1) is 15.9. The summed E-state index contributed by atoms with van der Waals surface area (Å²) in [5.41, 5.74) is -2.02. The Balaban J connectivity index is 1.79. The van der Waals surface area contributed by atoms with Gasteiger partial charge >= 0.3 is 12.7 Å². The van der Waals surface area contributed by atoms with Gasteiger partial charge in [-0.25, -0.2) is 15.1 Å². The number of ether oxygens (including phenoxy) is 2. The molecule has 1 saturated heterocycles. The van der Waals surface area contributed by atoms with Crippen LogP contribution in [-0.2, 0) is 23.4 Å². The van der Waals surface area contributed by atoms with Crippen LogP contribution in [0.3, 0.4) is 0 Å². The monoisotopic (exact) mass is 519 g/mol. The molecule has 0 radical (unpaired) electrons. The number of aromatic nitrogens is 4. The van der Waals surface area contributed by atoms with Crippen molar-refractivity contribution >= 4 is 35.2 Å². The standard InChI is InChI=1S/C19H30N5O8PS/c1-6-30-17(27)10(3)23-33(29,34-7-2)31-8-12-14(25)19(5,28)18(32-12)24-9-20-13-15(24)21-11(4)22-16(13)26/h9-10,12,14,18,25,28H,6-8H2,1-5H3,(H,23,29)(H,21,22,26)/t10-,12-,14-,18-,19-,33+/m1/s1. The lowest BCUT2D eigenvalue weighted by atomic mass is 9.96. The fraction of sp³-hybridized carbons (Fsp3) is 0.684. The highest BCUT2D eigenvalue weighted by molar-refractivity contribution is 8.56. The fourth-order valence-corrected chi connectivity index (χ4v) is 7.21. The number of H-pyrrole nitrogens is 1. The summed E-state index contributed by atoms with van der Waals surface area (Å²) in [6, 6.07) is -0.889. The van der Waals surface area contributed by atoms with Gasteiger partial charge < -0.3 is 29.2 Å². The van der Waals surface area contributed by atoms with E-state index in [-0.39, 0.29) is 24.4 Å². The Labute approximate surface area is 199 Å². The minimum atomic E-state index is -3.59. The number of hydrogen-bond acceptors (Lipinski definition) is 11. The van der Waals surface area contributed by atoms with Gasteiger partial charge in [0.15, 0.2) is 17.4 Å². The van der Waals surface area contributed by atoms with E-state index in [2.05, 4.69) is 20.0 Å². The number of imidazole rings is 1. The smallest absolute Gasteiger partial charge is 0.327 e. The van der Waals surface area contributed by atoms with Gasteiger partial charge in [0, 0.05) is 5.75 Å². The van der Waals surface area contributed by atoms with Crippen molar-refractivity contribution in [1.29, 1.82) is 0 Å². The third-order valence-electron chi connectivity index (χ3n) is 5.26. The number of esters is 1. The molecule has 0 bridgehead atoms. The highest BCUT2D eigenvalue weighted by Crippen LogP contribution is 2.56. The SMILES string of the molecule is CCOC(=O)[C@@H](C)N[P@](=O)(OC[C@H]1O[C@@H](n2cnc3c(=O)[nH]c(C)nc32)[C@](C)(O)[C@@H]1O)SCC. The highest BCUT2D eigenvalue weighted by Gasteiger charge is 2.54. The second-order valence-corrected chi connectivity index (χ2v) is 12.6. The van der Waals surface area contributed by atoms with Gasteiger partial charge in [0.1, 0.15) is 29.7 Å². The summed E-state index contributed by atoms with van der Waals surface area (Å²) in [7, 11) is 0. The average Bonchev–Trinajstić information content (AvgIpc) is 3.26.